The van der Waals surface area contributed by atoms with Crippen LogP contribution in [-0.4, -0.2) is 54.2 Å². The second kappa shape index (κ2) is 12.2. The van der Waals surface area contributed by atoms with Crippen molar-refractivity contribution in [2.45, 2.75) is 55.7 Å². The third kappa shape index (κ3) is 6.27. The van der Waals surface area contributed by atoms with Crippen molar-refractivity contribution in [3.8, 4) is 0 Å². The summed E-state index contributed by atoms with van der Waals surface area (Å²) in [6.07, 6.45) is -1.91. The lowest BCUT2D eigenvalue weighted by atomic mass is 9.90. The van der Waals surface area contributed by atoms with E-state index in [4.69, 9.17) is 27.9 Å². The summed E-state index contributed by atoms with van der Waals surface area (Å²) in [4.78, 5) is 27.3. The fourth-order valence-electron chi connectivity index (χ4n) is 5.35. The number of benzene rings is 3. The molecule has 0 bridgehead atoms. The monoisotopic (exact) mass is 634 g/mol. The molecule has 1 amide bonds. The molecule has 1 heterocycles. The Bertz CT molecular complexity index is 1580. The predicted octanol–water partition coefficient (Wildman–Crippen LogP) is 6.00. The number of morpholine rings is 1. The Hall–Kier alpha value is -3.18. The standard InChI is InChI=1S/C30H29Cl2FN2O6S/c1-18(17-34(42(39,40)23-13-14-23)25-8-3-2-7-24(25)33)35-28(19-9-11-21(31)12-10-19)29(20-5-4-6-22(32)15-20)41-26(30(35)38)16-27(36)37/h2-12,15,18,23,26,28-29H,13-14,16-17H2,1H3,(H,36,37)/t18-,26+,28-,29-/m1/s1. The van der Waals surface area contributed by atoms with Crippen LogP contribution in [0.15, 0.2) is 72.8 Å². The summed E-state index contributed by atoms with van der Waals surface area (Å²) in [5.41, 5.74) is 1.11. The van der Waals surface area contributed by atoms with Crippen LogP contribution in [0.2, 0.25) is 10.0 Å². The molecule has 1 saturated carbocycles. The molecule has 222 valence electrons. The van der Waals surface area contributed by atoms with Crippen molar-refractivity contribution < 1.29 is 32.2 Å². The second-order valence-corrected chi connectivity index (χ2v) is 13.5. The van der Waals surface area contributed by atoms with E-state index in [-0.39, 0.29) is 12.2 Å². The molecule has 42 heavy (non-hydrogen) atoms. The number of para-hydroxylation sites is 1. The van der Waals surface area contributed by atoms with Gasteiger partial charge in [-0.05, 0) is 67.3 Å². The average molecular weight is 636 g/mol. The van der Waals surface area contributed by atoms with Gasteiger partial charge in [-0.3, -0.25) is 13.9 Å². The van der Waals surface area contributed by atoms with E-state index in [1.165, 1.54) is 23.1 Å². The van der Waals surface area contributed by atoms with Gasteiger partial charge in [-0.25, -0.2) is 12.8 Å². The van der Waals surface area contributed by atoms with E-state index in [1.54, 1.807) is 61.5 Å². The highest BCUT2D eigenvalue weighted by Gasteiger charge is 2.48. The third-order valence-corrected chi connectivity index (χ3v) is 10.2. The van der Waals surface area contributed by atoms with Gasteiger partial charge >= 0.3 is 5.97 Å². The smallest absolute Gasteiger partial charge is 0.306 e. The number of carboxylic acids is 1. The largest absolute Gasteiger partial charge is 0.481 e. The molecule has 2 fully saturated rings. The van der Waals surface area contributed by atoms with E-state index in [0.717, 1.165) is 4.31 Å². The number of carbonyl (C=O) groups is 2. The van der Waals surface area contributed by atoms with Crippen LogP contribution in [0, 0.1) is 5.82 Å². The van der Waals surface area contributed by atoms with Crippen LogP contribution >= 0.6 is 23.2 Å². The van der Waals surface area contributed by atoms with Gasteiger partial charge in [0.1, 0.15) is 18.0 Å². The highest BCUT2D eigenvalue weighted by Crippen LogP contribution is 2.45. The molecule has 0 aromatic heterocycles. The molecular formula is C30H29Cl2FN2O6S. The van der Waals surface area contributed by atoms with Gasteiger partial charge in [0.05, 0.1) is 29.9 Å². The van der Waals surface area contributed by atoms with Gasteiger partial charge in [-0.15, -0.1) is 0 Å². The maximum Gasteiger partial charge on any atom is 0.306 e. The Kier molecular flexibility index (Phi) is 8.80. The van der Waals surface area contributed by atoms with E-state index >= 15 is 4.39 Å². The highest BCUT2D eigenvalue weighted by atomic mass is 35.5. The van der Waals surface area contributed by atoms with Gasteiger partial charge < -0.3 is 14.7 Å². The van der Waals surface area contributed by atoms with Gasteiger partial charge in [0.2, 0.25) is 10.0 Å². The second-order valence-electron chi connectivity index (χ2n) is 10.5. The number of sulfonamides is 1. The number of anilines is 1. The summed E-state index contributed by atoms with van der Waals surface area (Å²) in [6, 6.07) is 17.6. The fourth-order valence-corrected chi connectivity index (χ4v) is 7.61. The Morgan fingerprint density at radius 2 is 1.74 bits per heavy atom. The number of rotatable bonds is 10. The Labute approximate surface area is 253 Å². The van der Waals surface area contributed by atoms with E-state index in [2.05, 4.69) is 0 Å². The minimum Gasteiger partial charge on any atom is -0.481 e. The molecular weight excluding hydrogens is 606 g/mol. The number of hydrogen-bond acceptors (Lipinski definition) is 5. The van der Waals surface area contributed by atoms with Crippen LogP contribution in [0.1, 0.15) is 49.5 Å². The van der Waals surface area contributed by atoms with Crippen LogP contribution in [0.25, 0.3) is 0 Å². The number of carbonyl (C=O) groups excluding carboxylic acids is 1. The molecule has 1 aliphatic carbocycles. The first-order chi connectivity index (χ1) is 20.0. The molecule has 0 radical (unpaired) electrons. The Balaban J connectivity index is 1.62. The lowest BCUT2D eigenvalue weighted by Gasteiger charge is -2.48. The molecule has 5 rings (SSSR count). The molecule has 2 aliphatic rings. The molecule has 3 aromatic rings. The van der Waals surface area contributed by atoms with E-state index in [9.17, 15) is 23.1 Å². The third-order valence-electron chi connectivity index (χ3n) is 7.45. The van der Waals surface area contributed by atoms with Crippen LogP contribution in [0.3, 0.4) is 0 Å². The van der Waals surface area contributed by atoms with Crippen molar-refractivity contribution >= 4 is 50.8 Å². The van der Waals surface area contributed by atoms with Crippen molar-refractivity contribution in [2.24, 2.45) is 0 Å². The summed E-state index contributed by atoms with van der Waals surface area (Å²) in [5, 5.41) is 9.84. The van der Waals surface area contributed by atoms with Crippen molar-refractivity contribution in [3.05, 3.63) is 99.8 Å². The number of hydrogen-bond donors (Lipinski definition) is 1. The minimum absolute atomic E-state index is 0.117. The first kappa shape index (κ1) is 30.3. The van der Waals surface area contributed by atoms with Crippen LogP contribution < -0.4 is 4.31 Å². The normalized spacial score (nSPS) is 21.7. The SMILES string of the molecule is C[C@H](CN(c1ccccc1F)S(=O)(=O)C1CC1)N1C(=O)[C@H](CC(=O)O)O[C@H](c2cccc(Cl)c2)[C@H]1c1ccc(Cl)cc1. The predicted molar refractivity (Wildman–Crippen MR) is 158 cm³/mol. The topological polar surface area (TPSA) is 104 Å². The zero-order valence-corrected chi connectivity index (χ0v) is 24.9. The number of halogens is 3. The van der Waals surface area contributed by atoms with E-state index < -0.39 is 63.7 Å². The number of carboxylic acid groups (broad SMARTS) is 1. The van der Waals surface area contributed by atoms with E-state index in [1.807, 2.05) is 0 Å². The quantitative estimate of drug-likeness (QED) is 0.293. The lowest BCUT2D eigenvalue weighted by Crippen LogP contribution is -2.57. The minimum atomic E-state index is -3.95. The average Bonchev–Trinajstić information content (AvgIpc) is 3.80. The molecule has 0 spiro atoms. The summed E-state index contributed by atoms with van der Waals surface area (Å²) >= 11 is 12.5. The van der Waals surface area contributed by atoms with Crippen molar-refractivity contribution in [3.63, 3.8) is 0 Å². The number of amides is 1. The molecule has 1 saturated heterocycles. The van der Waals surface area contributed by atoms with Crippen LogP contribution in [0.4, 0.5) is 10.1 Å². The number of aliphatic carboxylic acids is 1. The molecule has 12 heteroatoms. The van der Waals surface area contributed by atoms with E-state index in [0.29, 0.717) is 34.0 Å². The molecule has 1 aliphatic heterocycles. The Morgan fingerprint density at radius 1 is 1.05 bits per heavy atom. The Morgan fingerprint density at radius 3 is 2.36 bits per heavy atom. The summed E-state index contributed by atoms with van der Waals surface area (Å²) in [7, 11) is -3.95. The maximum absolute atomic E-state index is 15.0. The van der Waals surface area contributed by atoms with Crippen molar-refractivity contribution in [2.75, 3.05) is 10.8 Å². The molecule has 3 aromatic carbocycles. The first-order valence-corrected chi connectivity index (χ1v) is 15.7. The number of nitrogens with zero attached hydrogens (tertiary/aromatic N) is 2. The van der Waals surface area contributed by atoms with Gasteiger partial charge in [-0.1, -0.05) is 59.6 Å². The zero-order chi connectivity index (χ0) is 30.2. The number of ether oxygens (including phenoxy) is 1. The zero-order valence-electron chi connectivity index (χ0n) is 22.6. The molecule has 1 N–H and O–H groups in total. The fraction of sp³-hybridized carbons (Fsp3) is 0.333. The highest BCUT2D eigenvalue weighted by molar-refractivity contribution is 7.93. The van der Waals surface area contributed by atoms with Gasteiger partial charge in [-0.2, -0.15) is 0 Å². The van der Waals surface area contributed by atoms with Gasteiger partial charge in [0.15, 0.2) is 0 Å². The molecule has 4 atom stereocenters. The molecule has 8 nitrogen and oxygen atoms in total. The van der Waals surface area contributed by atoms with Crippen molar-refractivity contribution in [1.29, 1.82) is 0 Å². The first-order valence-electron chi connectivity index (χ1n) is 13.4. The van der Waals surface area contributed by atoms with Crippen LogP contribution in [-0.2, 0) is 24.3 Å². The maximum atomic E-state index is 15.0. The van der Waals surface area contributed by atoms with Gasteiger partial charge in [0, 0.05) is 16.1 Å². The molecule has 0 unspecified atom stereocenters. The van der Waals surface area contributed by atoms with Gasteiger partial charge in [0.25, 0.3) is 5.91 Å². The van der Waals surface area contributed by atoms with Crippen LogP contribution in [0.5, 0.6) is 0 Å². The summed E-state index contributed by atoms with van der Waals surface area (Å²) in [5.74, 6) is -2.57. The van der Waals surface area contributed by atoms with Crippen molar-refractivity contribution in [1.82, 2.24) is 4.90 Å². The summed E-state index contributed by atoms with van der Waals surface area (Å²) in [6.45, 7) is 1.40. The lowest BCUT2D eigenvalue weighted by molar-refractivity contribution is -0.182. The summed E-state index contributed by atoms with van der Waals surface area (Å²) < 4.78 is 49.4.